The summed E-state index contributed by atoms with van der Waals surface area (Å²) in [7, 11) is 0. The van der Waals surface area contributed by atoms with Gasteiger partial charge in [0, 0.05) is 13.1 Å². The number of carbonyl (C=O) groups excluding carboxylic acids is 3. The summed E-state index contributed by atoms with van der Waals surface area (Å²) in [4.78, 5) is 55.7. The van der Waals surface area contributed by atoms with Crippen molar-refractivity contribution in [3.63, 3.8) is 0 Å². The van der Waals surface area contributed by atoms with Crippen LogP contribution in [0.15, 0.2) is 4.99 Å². The Bertz CT molecular complexity index is 752. The molecule has 0 aromatic heterocycles. The van der Waals surface area contributed by atoms with Gasteiger partial charge < -0.3 is 37.8 Å². The SMILES string of the molecule is CC(C)CC(N)C(=O)NC(CCCN=C(N)N)C(=O)N1CCCC1C(=O)NC(C(=O)O)C(C)C. The van der Waals surface area contributed by atoms with Crippen molar-refractivity contribution in [3.8, 4) is 0 Å². The van der Waals surface area contributed by atoms with E-state index in [2.05, 4.69) is 15.6 Å². The van der Waals surface area contributed by atoms with Crippen molar-refractivity contribution in [2.24, 2.45) is 34.0 Å². The number of hydrogen-bond acceptors (Lipinski definition) is 6. The monoisotopic (exact) mass is 483 g/mol. The summed E-state index contributed by atoms with van der Waals surface area (Å²) in [5, 5.41) is 14.7. The standard InChI is InChI=1S/C22H41N7O5/c1-12(2)11-14(23)18(30)27-15(7-5-9-26-22(24)25)20(32)29-10-6-8-16(29)19(31)28-17(13(3)4)21(33)34/h12-17H,5-11,23H2,1-4H3,(H,27,30)(H,28,31)(H,33,34)(H4,24,25,26). The summed E-state index contributed by atoms with van der Waals surface area (Å²) in [6.07, 6.45) is 2.13. The molecular formula is C22H41N7O5. The van der Waals surface area contributed by atoms with Crippen molar-refractivity contribution >= 4 is 29.7 Å². The summed E-state index contributed by atoms with van der Waals surface area (Å²) in [6.45, 7) is 7.88. The first-order valence-electron chi connectivity index (χ1n) is 11.8. The number of amides is 3. The number of carbonyl (C=O) groups is 4. The summed E-state index contributed by atoms with van der Waals surface area (Å²) in [5.74, 6) is -2.70. The number of nitrogens with two attached hydrogens (primary N) is 3. The molecule has 1 aliphatic heterocycles. The number of nitrogens with zero attached hydrogens (tertiary/aromatic N) is 2. The van der Waals surface area contributed by atoms with Crippen molar-refractivity contribution in [3.05, 3.63) is 0 Å². The normalized spacial score (nSPS) is 18.3. The Morgan fingerprint density at radius 2 is 1.76 bits per heavy atom. The molecule has 1 saturated heterocycles. The number of aliphatic imine (C=N–C) groups is 1. The molecule has 12 nitrogen and oxygen atoms in total. The molecule has 194 valence electrons. The summed E-state index contributed by atoms with van der Waals surface area (Å²) in [5.41, 5.74) is 16.7. The number of guanidine groups is 1. The first kappa shape index (κ1) is 29.1. The second-order valence-electron chi connectivity index (χ2n) is 9.50. The van der Waals surface area contributed by atoms with Crippen LogP contribution in [-0.2, 0) is 19.2 Å². The quantitative estimate of drug-likeness (QED) is 0.110. The Balaban J connectivity index is 2.99. The lowest BCUT2D eigenvalue weighted by atomic mass is 10.0. The molecule has 1 heterocycles. The molecule has 12 heteroatoms. The molecule has 34 heavy (non-hydrogen) atoms. The van der Waals surface area contributed by atoms with Gasteiger partial charge in [-0.1, -0.05) is 27.7 Å². The fourth-order valence-corrected chi connectivity index (χ4v) is 3.92. The van der Waals surface area contributed by atoms with E-state index in [1.165, 1.54) is 4.90 Å². The summed E-state index contributed by atoms with van der Waals surface area (Å²) >= 11 is 0. The van der Waals surface area contributed by atoms with E-state index in [9.17, 15) is 24.3 Å². The molecule has 0 aromatic rings. The first-order valence-corrected chi connectivity index (χ1v) is 11.8. The van der Waals surface area contributed by atoms with Gasteiger partial charge in [-0.15, -0.1) is 0 Å². The highest BCUT2D eigenvalue weighted by molar-refractivity contribution is 5.94. The third kappa shape index (κ3) is 9.16. The maximum Gasteiger partial charge on any atom is 0.326 e. The number of aliphatic carboxylic acids is 1. The molecular weight excluding hydrogens is 442 g/mol. The molecule has 9 N–H and O–H groups in total. The van der Waals surface area contributed by atoms with Crippen LogP contribution in [0.3, 0.4) is 0 Å². The van der Waals surface area contributed by atoms with Gasteiger partial charge in [0.25, 0.3) is 0 Å². The molecule has 1 rings (SSSR count). The van der Waals surface area contributed by atoms with Crippen LogP contribution in [0.1, 0.15) is 59.8 Å². The predicted octanol–water partition coefficient (Wildman–Crippen LogP) is -0.885. The molecule has 1 fully saturated rings. The van der Waals surface area contributed by atoms with Gasteiger partial charge in [0.05, 0.1) is 6.04 Å². The van der Waals surface area contributed by atoms with E-state index < -0.39 is 47.9 Å². The van der Waals surface area contributed by atoms with Crippen molar-refractivity contribution in [2.75, 3.05) is 13.1 Å². The minimum absolute atomic E-state index is 0.0692. The van der Waals surface area contributed by atoms with Gasteiger partial charge in [-0.2, -0.15) is 0 Å². The van der Waals surface area contributed by atoms with E-state index in [0.717, 1.165) is 0 Å². The van der Waals surface area contributed by atoms with Crippen LogP contribution in [0.4, 0.5) is 0 Å². The average Bonchev–Trinajstić information content (AvgIpc) is 3.22. The third-order valence-electron chi connectivity index (χ3n) is 5.69. The van der Waals surface area contributed by atoms with Crippen molar-refractivity contribution in [1.29, 1.82) is 0 Å². The highest BCUT2D eigenvalue weighted by Gasteiger charge is 2.39. The molecule has 4 unspecified atom stereocenters. The Morgan fingerprint density at radius 3 is 2.29 bits per heavy atom. The minimum Gasteiger partial charge on any atom is -0.480 e. The second-order valence-corrected chi connectivity index (χ2v) is 9.50. The zero-order valence-corrected chi connectivity index (χ0v) is 20.6. The smallest absolute Gasteiger partial charge is 0.326 e. The van der Waals surface area contributed by atoms with Crippen LogP contribution in [0.25, 0.3) is 0 Å². The number of hydrogen-bond donors (Lipinski definition) is 6. The molecule has 3 amide bonds. The van der Waals surface area contributed by atoms with E-state index in [0.29, 0.717) is 32.2 Å². The van der Waals surface area contributed by atoms with E-state index in [1.807, 2.05) is 13.8 Å². The zero-order chi connectivity index (χ0) is 26.0. The lowest BCUT2D eigenvalue weighted by Crippen LogP contribution is -2.57. The first-order chi connectivity index (χ1) is 15.8. The summed E-state index contributed by atoms with van der Waals surface area (Å²) < 4.78 is 0. The van der Waals surface area contributed by atoms with Crippen molar-refractivity contribution in [1.82, 2.24) is 15.5 Å². The van der Waals surface area contributed by atoms with Crippen LogP contribution >= 0.6 is 0 Å². The lowest BCUT2D eigenvalue weighted by Gasteiger charge is -2.30. The molecule has 0 aromatic carbocycles. The molecule has 1 aliphatic rings. The van der Waals surface area contributed by atoms with Gasteiger partial charge >= 0.3 is 5.97 Å². The number of likely N-dealkylation sites (tertiary alicyclic amines) is 1. The number of nitrogens with one attached hydrogen (secondary N) is 2. The lowest BCUT2D eigenvalue weighted by molar-refractivity contribution is -0.145. The van der Waals surface area contributed by atoms with Crippen molar-refractivity contribution < 1.29 is 24.3 Å². The molecule has 0 saturated carbocycles. The average molecular weight is 484 g/mol. The largest absolute Gasteiger partial charge is 0.480 e. The second kappa shape index (κ2) is 13.7. The van der Waals surface area contributed by atoms with Gasteiger partial charge in [-0.05, 0) is 43.9 Å². The topological polar surface area (TPSA) is 206 Å². The molecule has 0 bridgehead atoms. The fraction of sp³-hybridized carbons (Fsp3) is 0.773. The number of carboxylic acids is 1. The van der Waals surface area contributed by atoms with Crippen LogP contribution in [0.5, 0.6) is 0 Å². The van der Waals surface area contributed by atoms with E-state index >= 15 is 0 Å². The van der Waals surface area contributed by atoms with Crippen molar-refractivity contribution in [2.45, 2.75) is 84.0 Å². The molecule has 4 atom stereocenters. The highest BCUT2D eigenvalue weighted by Crippen LogP contribution is 2.20. The summed E-state index contributed by atoms with van der Waals surface area (Å²) in [6, 6.07) is -3.55. The minimum atomic E-state index is -1.14. The predicted molar refractivity (Wildman–Crippen MR) is 128 cm³/mol. The van der Waals surface area contributed by atoms with Crippen LogP contribution in [-0.4, -0.2) is 76.9 Å². The van der Waals surface area contributed by atoms with Crippen LogP contribution in [0.2, 0.25) is 0 Å². The Labute approximate surface area is 201 Å². The fourth-order valence-electron chi connectivity index (χ4n) is 3.92. The Kier molecular flexibility index (Phi) is 11.8. The number of carboxylic acid groups (broad SMARTS) is 1. The van der Waals surface area contributed by atoms with E-state index in [4.69, 9.17) is 17.2 Å². The molecule has 0 radical (unpaired) electrons. The Hall–Kier alpha value is -2.89. The molecule has 0 spiro atoms. The van der Waals surface area contributed by atoms with Gasteiger partial charge in [-0.25, -0.2) is 4.79 Å². The number of rotatable bonds is 13. The molecule has 0 aliphatic carbocycles. The maximum absolute atomic E-state index is 13.4. The van der Waals surface area contributed by atoms with Gasteiger partial charge in [0.1, 0.15) is 18.1 Å². The third-order valence-corrected chi connectivity index (χ3v) is 5.69. The van der Waals surface area contributed by atoms with Gasteiger partial charge in [0.2, 0.25) is 17.7 Å². The van der Waals surface area contributed by atoms with E-state index in [-0.39, 0.29) is 30.8 Å². The Morgan fingerprint density at radius 1 is 1.12 bits per heavy atom. The highest BCUT2D eigenvalue weighted by atomic mass is 16.4. The van der Waals surface area contributed by atoms with Crippen LogP contribution < -0.4 is 27.8 Å². The van der Waals surface area contributed by atoms with Gasteiger partial charge in [0.15, 0.2) is 5.96 Å². The van der Waals surface area contributed by atoms with E-state index in [1.54, 1.807) is 13.8 Å². The van der Waals surface area contributed by atoms with Crippen LogP contribution in [0, 0.1) is 11.8 Å². The maximum atomic E-state index is 13.4. The zero-order valence-electron chi connectivity index (χ0n) is 20.6. The van der Waals surface area contributed by atoms with Gasteiger partial charge in [-0.3, -0.25) is 19.4 Å².